The van der Waals surface area contributed by atoms with Crippen LogP contribution >= 0.6 is 0 Å². The van der Waals surface area contributed by atoms with Gasteiger partial charge in [0.25, 0.3) is 5.69 Å². The van der Waals surface area contributed by atoms with Crippen molar-refractivity contribution < 1.29 is 27.9 Å². The van der Waals surface area contributed by atoms with Crippen LogP contribution in [0.1, 0.15) is 48.8 Å². The lowest BCUT2D eigenvalue weighted by atomic mass is 9.85. The molecule has 0 bridgehead atoms. The van der Waals surface area contributed by atoms with Gasteiger partial charge in [0, 0.05) is 55.5 Å². The Morgan fingerprint density at radius 2 is 1.80 bits per heavy atom. The topological polar surface area (TPSA) is 126 Å². The molecule has 1 saturated carbocycles. The molecule has 1 unspecified atom stereocenters. The minimum absolute atomic E-state index is 0.00523. The molecule has 13 heteroatoms. The maximum Gasteiger partial charge on any atom is 0.573 e. The molecule has 1 aliphatic carbocycles. The zero-order valence-electron chi connectivity index (χ0n) is 23.9. The van der Waals surface area contributed by atoms with Crippen molar-refractivity contribution in [1.82, 2.24) is 14.9 Å². The van der Waals surface area contributed by atoms with Gasteiger partial charge in [0.1, 0.15) is 11.6 Å². The number of anilines is 2. The second-order valence-electron chi connectivity index (χ2n) is 11.0. The van der Waals surface area contributed by atoms with Crippen molar-refractivity contribution in [2.45, 2.75) is 57.2 Å². The number of alkyl halides is 3. The van der Waals surface area contributed by atoms with Gasteiger partial charge in [0.05, 0.1) is 22.8 Å². The van der Waals surface area contributed by atoms with Crippen LogP contribution in [0.2, 0.25) is 0 Å². The molecule has 3 N–H and O–H groups in total. The molecular formula is C31H33F3N6O4. The lowest BCUT2D eigenvalue weighted by Crippen LogP contribution is -2.38. The second-order valence-corrected chi connectivity index (χ2v) is 11.0. The van der Waals surface area contributed by atoms with Crippen LogP contribution in [-0.2, 0) is 6.54 Å². The summed E-state index contributed by atoms with van der Waals surface area (Å²) in [5.41, 5.74) is 1.34. The number of non-ortho nitro benzene ring substituents is 1. The summed E-state index contributed by atoms with van der Waals surface area (Å²) < 4.78 is 42.7. The van der Waals surface area contributed by atoms with Crippen LogP contribution in [0.25, 0.3) is 0 Å². The molecule has 0 amide bonds. The molecule has 5 rings (SSSR count). The Hall–Kier alpha value is -4.41. The monoisotopic (exact) mass is 610 g/mol. The van der Waals surface area contributed by atoms with Crippen molar-refractivity contribution in [2.24, 2.45) is 5.92 Å². The molecule has 2 fully saturated rings. The summed E-state index contributed by atoms with van der Waals surface area (Å²) in [6.07, 6.45) is 1.48. The van der Waals surface area contributed by atoms with Crippen LogP contribution < -0.4 is 15.4 Å². The van der Waals surface area contributed by atoms with Crippen LogP contribution in [0.5, 0.6) is 5.75 Å². The molecule has 2 aromatic carbocycles. The number of aromatic nitrogens is 2. The Morgan fingerprint density at radius 3 is 2.48 bits per heavy atom. The number of nitro benzene ring substituents is 1. The third kappa shape index (κ3) is 8.58. The number of nitrogens with zero attached hydrogens (tertiary/aromatic N) is 4. The Labute approximate surface area is 252 Å². The van der Waals surface area contributed by atoms with E-state index in [-0.39, 0.29) is 35.6 Å². The number of hydrogen-bond donors (Lipinski definition) is 3. The first kappa shape index (κ1) is 31.0. The number of aliphatic hydroxyl groups excluding tert-OH is 1. The van der Waals surface area contributed by atoms with E-state index in [2.05, 4.69) is 42.1 Å². The van der Waals surface area contributed by atoms with E-state index in [9.17, 15) is 28.4 Å². The number of aliphatic hydroxyl groups is 1. The maximum atomic E-state index is 12.9. The Kier molecular flexibility index (Phi) is 9.82. The van der Waals surface area contributed by atoms with Crippen LogP contribution in [0.3, 0.4) is 0 Å². The lowest BCUT2D eigenvalue weighted by Gasteiger charge is -2.34. The molecule has 1 atom stereocenters. The maximum absolute atomic E-state index is 12.9. The lowest BCUT2D eigenvalue weighted by molar-refractivity contribution is -0.384. The Morgan fingerprint density at radius 1 is 1.05 bits per heavy atom. The molecule has 3 aromatic rings. The average Bonchev–Trinajstić information content (AvgIpc) is 3.44. The number of rotatable bonds is 9. The normalized spacial score (nSPS) is 20.4. The summed E-state index contributed by atoms with van der Waals surface area (Å²) >= 11 is 0. The number of ether oxygens (including phenoxy) is 1. The van der Waals surface area contributed by atoms with Crippen LogP contribution in [0.4, 0.5) is 30.6 Å². The standard InChI is InChI=1S/C31H33F3N6O4/c32-31(33,34)44-28-4-2-1-3-23(28)18-36-30-37-19-24(10-5-21-6-13-26(14-7-21)40(42)43)29(38-30)35-17-22-8-11-25(12-9-22)39-16-15-27(41)20-39/h1-4,6-7,13-14,19,22,25,27,41H,8-9,11-12,15-18,20H2,(H2,35,36,37,38). The van der Waals surface area contributed by atoms with Crippen molar-refractivity contribution in [2.75, 3.05) is 30.3 Å². The minimum Gasteiger partial charge on any atom is -0.405 e. The minimum atomic E-state index is -4.82. The fraction of sp³-hybridized carbons (Fsp3) is 0.419. The number of para-hydroxylation sites is 1. The van der Waals surface area contributed by atoms with Gasteiger partial charge in [-0.05, 0) is 56.2 Å². The van der Waals surface area contributed by atoms with Crippen molar-refractivity contribution in [3.8, 4) is 17.6 Å². The first-order chi connectivity index (χ1) is 21.1. The van der Waals surface area contributed by atoms with E-state index in [1.165, 1.54) is 36.5 Å². The highest BCUT2D eigenvalue weighted by molar-refractivity contribution is 5.57. The van der Waals surface area contributed by atoms with E-state index < -0.39 is 11.3 Å². The second kappa shape index (κ2) is 13.9. The summed E-state index contributed by atoms with van der Waals surface area (Å²) in [6, 6.07) is 12.2. The summed E-state index contributed by atoms with van der Waals surface area (Å²) in [7, 11) is 0. The van der Waals surface area contributed by atoms with Gasteiger partial charge in [0.2, 0.25) is 5.95 Å². The quantitative estimate of drug-likeness (QED) is 0.167. The molecule has 10 nitrogen and oxygen atoms in total. The number of benzene rings is 2. The highest BCUT2D eigenvalue weighted by Gasteiger charge is 2.32. The van der Waals surface area contributed by atoms with Gasteiger partial charge >= 0.3 is 6.36 Å². The van der Waals surface area contributed by atoms with Crippen molar-refractivity contribution in [3.05, 3.63) is 81.5 Å². The fourth-order valence-corrected chi connectivity index (χ4v) is 5.60. The summed E-state index contributed by atoms with van der Waals surface area (Å²) in [6.45, 7) is 2.33. The molecule has 1 saturated heterocycles. The number of β-amino-alcohol motifs (C(OH)–C–C–N with tert-alkyl or cyclic N) is 1. The third-order valence-corrected chi connectivity index (χ3v) is 7.93. The van der Waals surface area contributed by atoms with Gasteiger partial charge in [-0.25, -0.2) is 4.98 Å². The zero-order chi connectivity index (χ0) is 31.1. The highest BCUT2D eigenvalue weighted by Crippen LogP contribution is 2.30. The number of nitro groups is 1. The van der Waals surface area contributed by atoms with E-state index in [0.29, 0.717) is 35.4 Å². The predicted molar refractivity (Wildman–Crippen MR) is 158 cm³/mol. The van der Waals surface area contributed by atoms with Gasteiger partial charge in [-0.3, -0.25) is 15.0 Å². The summed E-state index contributed by atoms with van der Waals surface area (Å²) in [5.74, 6) is 6.80. The molecule has 0 radical (unpaired) electrons. The Balaban J connectivity index is 1.29. The molecule has 1 aliphatic heterocycles. The third-order valence-electron chi connectivity index (χ3n) is 7.93. The van der Waals surface area contributed by atoms with Crippen LogP contribution in [0.15, 0.2) is 54.7 Å². The molecule has 44 heavy (non-hydrogen) atoms. The molecule has 2 aliphatic rings. The first-order valence-corrected chi connectivity index (χ1v) is 14.5. The average molecular weight is 611 g/mol. The Bertz CT molecular complexity index is 1500. The first-order valence-electron chi connectivity index (χ1n) is 14.5. The van der Waals surface area contributed by atoms with Gasteiger partial charge < -0.3 is 20.5 Å². The summed E-state index contributed by atoms with van der Waals surface area (Å²) in [4.78, 5) is 21.8. The number of nitrogens with one attached hydrogen (secondary N) is 2. The van der Waals surface area contributed by atoms with Gasteiger partial charge in [-0.2, -0.15) is 4.98 Å². The molecule has 0 spiro atoms. The van der Waals surface area contributed by atoms with Gasteiger partial charge in [0.15, 0.2) is 0 Å². The smallest absolute Gasteiger partial charge is 0.405 e. The largest absolute Gasteiger partial charge is 0.573 e. The number of hydrogen-bond acceptors (Lipinski definition) is 9. The van der Waals surface area contributed by atoms with Gasteiger partial charge in [-0.1, -0.05) is 30.0 Å². The van der Waals surface area contributed by atoms with E-state index in [1.807, 2.05) is 0 Å². The number of likely N-dealkylation sites (tertiary alicyclic amines) is 1. The molecule has 232 valence electrons. The SMILES string of the molecule is O=[N+]([O-])c1ccc(C#Cc2cnc(NCc3ccccc3OC(F)(F)F)nc2NCC2CCC(N3CCC(O)C3)CC2)cc1. The highest BCUT2D eigenvalue weighted by atomic mass is 19.4. The van der Waals surface area contributed by atoms with Crippen LogP contribution in [-0.4, -0.2) is 63.0 Å². The zero-order valence-corrected chi connectivity index (χ0v) is 23.9. The van der Waals surface area contributed by atoms with Gasteiger partial charge in [-0.15, -0.1) is 13.2 Å². The molecule has 2 heterocycles. The fourth-order valence-electron chi connectivity index (χ4n) is 5.60. The van der Waals surface area contributed by atoms with Crippen LogP contribution in [0, 0.1) is 27.9 Å². The van der Waals surface area contributed by atoms with E-state index >= 15 is 0 Å². The van der Waals surface area contributed by atoms with Crippen molar-refractivity contribution in [3.63, 3.8) is 0 Å². The number of halogens is 3. The van der Waals surface area contributed by atoms with Crippen molar-refractivity contribution >= 4 is 17.5 Å². The van der Waals surface area contributed by atoms with Crippen molar-refractivity contribution in [1.29, 1.82) is 0 Å². The summed E-state index contributed by atoms with van der Waals surface area (Å²) in [5, 5.41) is 27.2. The van der Waals surface area contributed by atoms with E-state index in [0.717, 1.165) is 45.2 Å². The van der Waals surface area contributed by atoms with E-state index in [4.69, 9.17) is 0 Å². The predicted octanol–water partition coefficient (Wildman–Crippen LogP) is 5.33. The molecule has 1 aromatic heterocycles. The molecular weight excluding hydrogens is 577 g/mol. The van der Waals surface area contributed by atoms with E-state index in [1.54, 1.807) is 18.2 Å².